The number of fused-ring (bicyclic) bond motifs is 7. The number of para-hydroxylation sites is 2. The van der Waals surface area contributed by atoms with Crippen molar-refractivity contribution in [2.24, 2.45) is 0 Å². The van der Waals surface area contributed by atoms with E-state index in [1.54, 1.807) is 0 Å². The third-order valence-electron chi connectivity index (χ3n) is 9.33. The van der Waals surface area contributed by atoms with Crippen LogP contribution in [0.4, 0.5) is 0 Å². The largest absolute Gasteiger partial charge is 0.309 e. The summed E-state index contributed by atoms with van der Waals surface area (Å²) >= 11 is 0. The Morgan fingerprint density at radius 2 is 1.11 bits per heavy atom. The van der Waals surface area contributed by atoms with Crippen LogP contribution >= 0.6 is 0 Å². The molecule has 0 saturated carbocycles. The number of rotatable bonds is 3. The predicted molar refractivity (Wildman–Crippen MR) is 187 cm³/mol. The normalized spacial score (nSPS) is 12.0. The summed E-state index contributed by atoms with van der Waals surface area (Å²) in [5.74, 6) is 0.727. The van der Waals surface area contributed by atoms with E-state index >= 15 is 0 Å². The minimum Gasteiger partial charge on any atom is -0.309 e. The third-order valence-corrected chi connectivity index (χ3v) is 9.33. The lowest BCUT2D eigenvalue weighted by Crippen LogP contribution is -1.97. The summed E-state index contributed by atoms with van der Waals surface area (Å²) in [6.45, 7) is 0. The van der Waals surface area contributed by atoms with E-state index in [9.17, 15) is 0 Å². The first-order valence-electron chi connectivity index (χ1n) is 15.3. The zero-order chi connectivity index (χ0) is 29.5. The number of nitrogens with zero attached hydrogens (tertiary/aromatic N) is 3. The molecular weight excluding hydrogens is 546 g/mol. The van der Waals surface area contributed by atoms with Crippen LogP contribution in [0, 0.1) is 0 Å². The highest BCUT2D eigenvalue weighted by molar-refractivity contribution is 6.20. The second kappa shape index (κ2) is 9.22. The van der Waals surface area contributed by atoms with Crippen LogP contribution in [-0.4, -0.2) is 14.5 Å². The molecule has 9 aromatic rings. The fourth-order valence-corrected chi connectivity index (χ4v) is 7.31. The van der Waals surface area contributed by atoms with Crippen LogP contribution in [0.3, 0.4) is 0 Å². The average Bonchev–Trinajstić information content (AvgIpc) is 3.60. The van der Waals surface area contributed by atoms with Crippen LogP contribution < -0.4 is 0 Å². The SMILES string of the molecule is c1ccc(-c2nc(-c3ccc(-n4c5ccccc5c5cc6c(cc54)-c4cccc5cccc-6c45)cc3)nc3ccccc23)cc1. The van der Waals surface area contributed by atoms with Gasteiger partial charge in [0.05, 0.1) is 22.2 Å². The molecular formula is C42H25N3. The van der Waals surface area contributed by atoms with Gasteiger partial charge in [-0.05, 0) is 81.6 Å². The minimum atomic E-state index is 0.727. The summed E-state index contributed by atoms with van der Waals surface area (Å²) < 4.78 is 2.40. The van der Waals surface area contributed by atoms with Gasteiger partial charge in [0.15, 0.2) is 5.82 Å². The Hall–Kier alpha value is -6.06. The van der Waals surface area contributed by atoms with E-state index < -0.39 is 0 Å². The molecule has 0 spiro atoms. The van der Waals surface area contributed by atoms with Gasteiger partial charge in [-0.3, -0.25) is 0 Å². The Labute approximate surface area is 259 Å². The summed E-state index contributed by atoms with van der Waals surface area (Å²) in [5.41, 5.74) is 12.7. The van der Waals surface area contributed by atoms with Crippen LogP contribution in [-0.2, 0) is 0 Å². The maximum absolute atomic E-state index is 5.09. The van der Waals surface area contributed by atoms with Gasteiger partial charge >= 0.3 is 0 Å². The number of hydrogen-bond acceptors (Lipinski definition) is 2. The van der Waals surface area contributed by atoms with E-state index in [0.717, 1.165) is 39.2 Å². The fraction of sp³-hybridized carbons (Fsp3) is 0. The number of aromatic nitrogens is 3. The van der Waals surface area contributed by atoms with Gasteiger partial charge in [0.2, 0.25) is 0 Å². The molecule has 0 aliphatic heterocycles. The van der Waals surface area contributed by atoms with Crippen molar-refractivity contribution in [3.63, 3.8) is 0 Å². The smallest absolute Gasteiger partial charge is 0.160 e. The van der Waals surface area contributed by atoms with Crippen molar-refractivity contribution < 1.29 is 0 Å². The first-order valence-corrected chi connectivity index (χ1v) is 15.3. The first kappa shape index (κ1) is 24.4. The summed E-state index contributed by atoms with van der Waals surface area (Å²) in [7, 11) is 0. The molecule has 3 nitrogen and oxygen atoms in total. The van der Waals surface area contributed by atoms with Gasteiger partial charge in [0, 0.05) is 33.0 Å². The third kappa shape index (κ3) is 3.52. The fourth-order valence-electron chi connectivity index (χ4n) is 7.31. The Balaban J connectivity index is 1.16. The maximum atomic E-state index is 5.09. The molecule has 2 aromatic heterocycles. The lowest BCUT2D eigenvalue weighted by Gasteiger charge is -2.12. The second-order valence-electron chi connectivity index (χ2n) is 11.8. The Kier molecular flexibility index (Phi) is 5.00. The van der Waals surface area contributed by atoms with Crippen molar-refractivity contribution in [3.05, 3.63) is 152 Å². The van der Waals surface area contributed by atoms with Crippen LogP contribution in [0.1, 0.15) is 0 Å². The van der Waals surface area contributed by atoms with Crippen molar-refractivity contribution in [1.29, 1.82) is 0 Å². The predicted octanol–water partition coefficient (Wildman–Crippen LogP) is 10.9. The van der Waals surface area contributed by atoms with Crippen LogP contribution in [0.2, 0.25) is 0 Å². The lowest BCUT2D eigenvalue weighted by atomic mass is 10.0. The van der Waals surface area contributed by atoms with Crippen LogP contribution in [0.15, 0.2) is 152 Å². The van der Waals surface area contributed by atoms with Gasteiger partial charge in [-0.15, -0.1) is 0 Å². The molecule has 0 bridgehead atoms. The number of hydrogen-bond donors (Lipinski definition) is 0. The average molecular weight is 572 g/mol. The minimum absolute atomic E-state index is 0.727. The van der Waals surface area contributed by atoms with E-state index in [-0.39, 0.29) is 0 Å². The molecule has 0 radical (unpaired) electrons. The molecule has 3 heteroatoms. The Morgan fingerprint density at radius 3 is 1.91 bits per heavy atom. The molecule has 0 atom stereocenters. The molecule has 0 N–H and O–H groups in total. The molecule has 1 aliphatic carbocycles. The molecule has 45 heavy (non-hydrogen) atoms. The van der Waals surface area contributed by atoms with Gasteiger partial charge < -0.3 is 4.57 Å². The van der Waals surface area contributed by atoms with E-state index in [2.05, 4.69) is 138 Å². The molecule has 0 unspecified atom stereocenters. The van der Waals surface area contributed by atoms with Crippen molar-refractivity contribution in [1.82, 2.24) is 14.5 Å². The summed E-state index contributed by atoms with van der Waals surface area (Å²) in [4.78, 5) is 10.1. The lowest BCUT2D eigenvalue weighted by molar-refractivity contribution is 1.17. The van der Waals surface area contributed by atoms with Crippen LogP contribution in [0.5, 0.6) is 0 Å². The Bertz CT molecular complexity index is 2620. The highest BCUT2D eigenvalue weighted by Crippen LogP contribution is 2.49. The van der Waals surface area contributed by atoms with E-state index in [0.29, 0.717) is 0 Å². The van der Waals surface area contributed by atoms with E-state index in [1.165, 1.54) is 54.8 Å². The highest BCUT2D eigenvalue weighted by atomic mass is 15.0. The second-order valence-corrected chi connectivity index (χ2v) is 11.8. The molecule has 10 rings (SSSR count). The highest BCUT2D eigenvalue weighted by Gasteiger charge is 2.24. The van der Waals surface area contributed by atoms with Gasteiger partial charge in [0.1, 0.15) is 0 Å². The monoisotopic (exact) mass is 571 g/mol. The molecule has 7 aromatic carbocycles. The molecule has 0 fully saturated rings. The topological polar surface area (TPSA) is 30.7 Å². The van der Waals surface area contributed by atoms with Crippen molar-refractivity contribution >= 4 is 43.5 Å². The van der Waals surface area contributed by atoms with Crippen LogP contribution in [0.25, 0.3) is 94.1 Å². The van der Waals surface area contributed by atoms with E-state index in [1.807, 2.05) is 18.2 Å². The quantitative estimate of drug-likeness (QED) is 0.211. The van der Waals surface area contributed by atoms with Gasteiger partial charge in [-0.2, -0.15) is 0 Å². The zero-order valence-electron chi connectivity index (χ0n) is 24.3. The van der Waals surface area contributed by atoms with Crippen molar-refractivity contribution in [2.45, 2.75) is 0 Å². The van der Waals surface area contributed by atoms with E-state index in [4.69, 9.17) is 9.97 Å². The first-order chi connectivity index (χ1) is 22.3. The molecule has 2 heterocycles. The van der Waals surface area contributed by atoms with Crippen molar-refractivity contribution in [3.8, 4) is 50.6 Å². The molecule has 0 saturated heterocycles. The number of benzene rings is 7. The molecule has 1 aliphatic rings. The van der Waals surface area contributed by atoms with Gasteiger partial charge in [-0.1, -0.05) is 103 Å². The van der Waals surface area contributed by atoms with Gasteiger partial charge in [0.25, 0.3) is 0 Å². The zero-order valence-corrected chi connectivity index (χ0v) is 24.3. The summed E-state index contributed by atoms with van der Waals surface area (Å²) in [6, 6.07) is 54.2. The summed E-state index contributed by atoms with van der Waals surface area (Å²) in [6.07, 6.45) is 0. The maximum Gasteiger partial charge on any atom is 0.160 e. The summed E-state index contributed by atoms with van der Waals surface area (Å²) in [5, 5.41) is 6.23. The molecule has 0 amide bonds. The molecule has 208 valence electrons. The standard InChI is InChI=1S/C42H25N3/c1-2-10-27(11-3-1)41-33-15-4-6-18-37(33)43-42(44-41)28-20-22-29(23-21-28)45-38-19-7-5-14-30(38)36-24-34-31-16-8-12-26-13-9-17-32(40(26)31)35(34)25-39(36)45/h1-25H. The van der Waals surface area contributed by atoms with Gasteiger partial charge in [-0.25, -0.2) is 9.97 Å². The Morgan fingerprint density at radius 1 is 0.422 bits per heavy atom. The van der Waals surface area contributed by atoms with Crippen molar-refractivity contribution in [2.75, 3.05) is 0 Å².